The van der Waals surface area contributed by atoms with Crippen LogP contribution in [0, 0.1) is 0 Å². The average molecular weight is 384 g/mol. The van der Waals surface area contributed by atoms with E-state index < -0.39 is 73.9 Å². The monoisotopic (exact) mass is 384 g/mol. The first-order valence-electron chi connectivity index (χ1n) is 8.46. The largest absolute Gasteiger partial charge is 0.394 e. The number of ether oxygens (including phenoxy) is 3. The highest BCUT2D eigenvalue weighted by molar-refractivity contribution is 5.18. The SMILES string of the molecule is CCCO[C@H]1O[C@H](CO)[C@@](O)([C@@]2(O)CO[C@H](CO)[C@H](O)[C@@H]2O)[C@H](O)[C@H]1O. The fraction of sp³-hybridized carbons (Fsp3) is 1.00. The molecule has 0 amide bonds. The lowest BCUT2D eigenvalue weighted by molar-refractivity contribution is -0.391. The van der Waals surface area contributed by atoms with Crippen LogP contribution in [-0.4, -0.2) is 121 Å². The summed E-state index contributed by atoms with van der Waals surface area (Å²) in [4.78, 5) is 0. The third kappa shape index (κ3) is 3.27. The van der Waals surface area contributed by atoms with E-state index in [1.165, 1.54) is 0 Å². The van der Waals surface area contributed by atoms with Crippen LogP contribution in [0.1, 0.15) is 13.3 Å². The molecule has 11 nitrogen and oxygen atoms in total. The smallest absolute Gasteiger partial charge is 0.186 e. The van der Waals surface area contributed by atoms with Crippen molar-refractivity contribution in [3.63, 3.8) is 0 Å². The summed E-state index contributed by atoms with van der Waals surface area (Å²) in [6.45, 7) is -0.413. The summed E-state index contributed by atoms with van der Waals surface area (Å²) >= 11 is 0. The molecule has 2 fully saturated rings. The number of aliphatic hydroxyl groups is 8. The lowest BCUT2D eigenvalue weighted by Gasteiger charge is -2.57. The second kappa shape index (κ2) is 8.29. The molecule has 9 atom stereocenters. The molecule has 0 bridgehead atoms. The van der Waals surface area contributed by atoms with Gasteiger partial charge in [-0.05, 0) is 6.42 Å². The van der Waals surface area contributed by atoms with Gasteiger partial charge in [0.2, 0.25) is 0 Å². The molecule has 0 aromatic heterocycles. The van der Waals surface area contributed by atoms with Gasteiger partial charge in [0, 0.05) is 6.61 Å². The van der Waals surface area contributed by atoms with Crippen molar-refractivity contribution in [1.29, 1.82) is 0 Å². The maximum atomic E-state index is 11.0. The van der Waals surface area contributed by atoms with Crippen LogP contribution >= 0.6 is 0 Å². The molecule has 0 aromatic carbocycles. The lowest BCUT2D eigenvalue weighted by atomic mass is 9.67. The Morgan fingerprint density at radius 2 is 1.65 bits per heavy atom. The van der Waals surface area contributed by atoms with E-state index in [0.29, 0.717) is 6.42 Å². The Labute approximate surface area is 150 Å². The van der Waals surface area contributed by atoms with Crippen molar-refractivity contribution in [2.45, 2.75) is 67.5 Å². The number of rotatable bonds is 6. The Morgan fingerprint density at radius 3 is 2.19 bits per heavy atom. The number of hydrogen-bond acceptors (Lipinski definition) is 11. The summed E-state index contributed by atoms with van der Waals surface area (Å²) < 4.78 is 15.6. The highest BCUT2D eigenvalue weighted by Gasteiger charge is 2.70. The van der Waals surface area contributed by atoms with Gasteiger partial charge in [0.25, 0.3) is 0 Å². The van der Waals surface area contributed by atoms with Crippen molar-refractivity contribution in [1.82, 2.24) is 0 Å². The molecule has 0 aromatic rings. The highest BCUT2D eigenvalue weighted by atomic mass is 16.7. The van der Waals surface area contributed by atoms with Gasteiger partial charge in [-0.3, -0.25) is 0 Å². The zero-order valence-corrected chi connectivity index (χ0v) is 14.4. The van der Waals surface area contributed by atoms with Gasteiger partial charge in [0.05, 0.1) is 19.8 Å². The third-order valence-electron chi connectivity index (χ3n) is 5.08. The summed E-state index contributed by atoms with van der Waals surface area (Å²) in [5.41, 5.74) is -5.53. The molecule has 0 aliphatic carbocycles. The Morgan fingerprint density at radius 1 is 1.00 bits per heavy atom. The van der Waals surface area contributed by atoms with E-state index >= 15 is 0 Å². The number of hydrogen-bond donors (Lipinski definition) is 8. The average Bonchev–Trinajstić information content (AvgIpc) is 2.64. The van der Waals surface area contributed by atoms with Gasteiger partial charge in [-0.2, -0.15) is 0 Å². The Kier molecular flexibility index (Phi) is 6.97. The van der Waals surface area contributed by atoms with Crippen LogP contribution in [0.4, 0.5) is 0 Å². The van der Waals surface area contributed by atoms with Crippen molar-refractivity contribution in [3.05, 3.63) is 0 Å². The van der Waals surface area contributed by atoms with Gasteiger partial charge >= 0.3 is 0 Å². The zero-order chi connectivity index (χ0) is 19.7. The van der Waals surface area contributed by atoms with E-state index in [0.717, 1.165) is 0 Å². The van der Waals surface area contributed by atoms with Crippen LogP contribution in [0.25, 0.3) is 0 Å². The molecule has 26 heavy (non-hydrogen) atoms. The summed E-state index contributed by atoms with van der Waals surface area (Å²) in [5, 5.41) is 81.7. The molecule has 2 saturated heterocycles. The molecular formula is C15H28O11. The van der Waals surface area contributed by atoms with Gasteiger partial charge in [0.1, 0.15) is 36.6 Å². The molecule has 2 aliphatic heterocycles. The van der Waals surface area contributed by atoms with Gasteiger partial charge < -0.3 is 55.1 Å². The normalized spacial score (nSPS) is 50.0. The minimum absolute atomic E-state index is 0.165. The summed E-state index contributed by atoms with van der Waals surface area (Å²) in [6.07, 6.45) is -11.5. The maximum Gasteiger partial charge on any atom is 0.186 e. The van der Waals surface area contributed by atoms with Crippen molar-refractivity contribution in [2.75, 3.05) is 26.4 Å². The molecule has 0 radical (unpaired) electrons. The Bertz CT molecular complexity index is 461. The molecule has 0 saturated carbocycles. The third-order valence-corrected chi connectivity index (χ3v) is 5.08. The van der Waals surface area contributed by atoms with Gasteiger partial charge in [-0.1, -0.05) is 6.92 Å². The fourth-order valence-electron chi connectivity index (χ4n) is 3.45. The maximum absolute atomic E-state index is 11.0. The van der Waals surface area contributed by atoms with Gasteiger partial charge in [-0.25, -0.2) is 0 Å². The van der Waals surface area contributed by atoms with Crippen molar-refractivity contribution < 1.29 is 55.1 Å². The van der Waals surface area contributed by atoms with E-state index in [4.69, 9.17) is 19.3 Å². The van der Waals surface area contributed by atoms with Gasteiger partial charge in [0.15, 0.2) is 17.5 Å². The van der Waals surface area contributed by atoms with Crippen LogP contribution < -0.4 is 0 Å². The van der Waals surface area contributed by atoms with Gasteiger partial charge in [-0.15, -0.1) is 0 Å². The summed E-state index contributed by atoms with van der Waals surface area (Å²) in [5.74, 6) is 0. The van der Waals surface area contributed by atoms with Crippen molar-refractivity contribution in [3.8, 4) is 0 Å². The van der Waals surface area contributed by atoms with Crippen molar-refractivity contribution >= 4 is 0 Å². The van der Waals surface area contributed by atoms with Crippen LogP contribution in [-0.2, 0) is 14.2 Å². The van der Waals surface area contributed by atoms with Crippen LogP contribution in [0.5, 0.6) is 0 Å². The minimum Gasteiger partial charge on any atom is -0.394 e. The topological polar surface area (TPSA) is 190 Å². The summed E-state index contributed by atoms with van der Waals surface area (Å²) in [6, 6.07) is 0. The highest BCUT2D eigenvalue weighted by Crippen LogP contribution is 2.43. The quantitative estimate of drug-likeness (QED) is 0.220. The molecular weight excluding hydrogens is 356 g/mol. The molecule has 11 heteroatoms. The van der Waals surface area contributed by atoms with E-state index in [1.54, 1.807) is 6.92 Å². The van der Waals surface area contributed by atoms with Crippen LogP contribution in [0.15, 0.2) is 0 Å². The molecule has 2 rings (SSSR count). The second-order valence-corrected chi connectivity index (χ2v) is 6.70. The first-order chi connectivity index (χ1) is 12.2. The number of aliphatic hydroxyl groups excluding tert-OH is 6. The first kappa shape index (κ1) is 21.9. The minimum atomic E-state index is -2.81. The summed E-state index contributed by atoms with van der Waals surface area (Å²) in [7, 11) is 0. The molecule has 8 N–H and O–H groups in total. The van der Waals surface area contributed by atoms with E-state index in [1.807, 2.05) is 0 Å². The standard InChI is InChI=1S/C15H28O11/c1-2-3-24-13-10(19)12(21)15(23,8(5-17)26-13)14(22)6-25-7(4-16)9(18)11(14)20/h7-13,16-23H,2-6H2,1H3/t7-,8-,9+,10-,11+,12-,13+,14-,15+/m1/s1. The first-order valence-corrected chi connectivity index (χ1v) is 8.46. The zero-order valence-electron chi connectivity index (χ0n) is 14.4. The molecule has 0 unspecified atom stereocenters. The molecule has 2 aliphatic rings. The van der Waals surface area contributed by atoms with Crippen LogP contribution in [0.2, 0.25) is 0 Å². The Hall–Kier alpha value is -0.440. The van der Waals surface area contributed by atoms with E-state index in [-0.39, 0.29) is 6.61 Å². The van der Waals surface area contributed by atoms with E-state index in [9.17, 15) is 35.7 Å². The lowest BCUT2D eigenvalue weighted by Crippen LogP contribution is -2.82. The molecule has 2 heterocycles. The predicted molar refractivity (Wildman–Crippen MR) is 82.7 cm³/mol. The Balaban J connectivity index is 2.35. The van der Waals surface area contributed by atoms with E-state index in [2.05, 4.69) is 0 Å². The van der Waals surface area contributed by atoms with Crippen molar-refractivity contribution in [2.24, 2.45) is 0 Å². The molecule has 0 spiro atoms. The van der Waals surface area contributed by atoms with Crippen LogP contribution in [0.3, 0.4) is 0 Å². The predicted octanol–water partition coefficient (Wildman–Crippen LogP) is -4.57. The second-order valence-electron chi connectivity index (χ2n) is 6.70. The fourth-order valence-corrected chi connectivity index (χ4v) is 3.45. The molecule has 154 valence electrons.